The van der Waals surface area contributed by atoms with E-state index in [0.717, 1.165) is 5.69 Å². The van der Waals surface area contributed by atoms with Gasteiger partial charge in [0.05, 0.1) is 5.54 Å². The van der Waals surface area contributed by atoms with Crippen molar-refractivity contribution in [2.45, 2.75) is 30.8 Å². The maximum atomic E-state index is 12.3. The highest BCUT2D eigenvalue weighted by Gasteiger charge is 2.47. The van der Waals surface area contributed by atoms with Gasteiger partial charge in [0.25, 0.3) is 0 Å². The summed E-state index contributed by atoms with van der Waals surface area (Å²) < 4.78 is 0. The highest BCUT2D eigenvalue weighted by Crippen LogP contribution is 2.33. The molecular weight excluding hydrogens is 278 g/mol. The van der Waals surface area contributed by atoms with Crippen LogP contribution in [-0.4, -0.2) is 29.9 Å². The standard InChI is InChI=1S/C14H16ClN3O2/c15-9-2-1-3-10(8-9)18-7-4-11(12(18)19)17-13(20)14(16)5-6-14/h1-3,8,11H,4-7,16H2,(H,17,20). The van der Waals surface area contributed by atoms with Crippen molar-refractivity contribution in [1.82, 2.24) is 5.32 Å². The van der Waals surface area contributed by atoms with Crippen molar-refractivity contribution in [2.75, 3.05) is 11.4 Å². The largest absolute Gasteiger partial charge is 0.343 e. The van der Waals surface area contributed by atoms with E-state index in [1.807, 2.05) is 6.07 Å². The van der Waals surface area contributed by atoms with Crippen LogP contribution in [0.3, 0.4) is 0 Å². The van der Waals surface area contributed by atoms with Gasteiger partial charge in [-0.3, -0.25) is 9.59 Å². The number of rotatable bonds is 3. The number of hydrogen-bond acceptors (Lipinski definition) is 3. The first-order valence-electron chi connectivity index (χ1n) is 6.66. The van der Waals surface area contributed by atoms with Crippen molar-refractivity contribution in [1.29, 1.82) is 0 Å². The Hall–Kier alpha value is -1.59. The smallest absolute Gasteiger partial charge is 0.249 e. The normalized spacial score (nSPS) is 23.8. The lowest BCUT2D eigenvalue weighted by Gasteiger charge is -2.18. The lowest BCUT2D eigenvalue weighted by Crippen LogP contribution is -2.49. The Bertz CT molecular complexity index is 571. The Labute approximate surface area is 122 Å². The average Bonchev–Trinajstić information content (AvgIpc) is 3.07. The molecule has 0 spiro atoms. The minimum Gasteiger partial charge on any atom is -0.343 e. The molecule has 106 valence electrons. The molecule has 1 saturated carbocycles. The number of hydrogen-bond donors (Lipinski definition) is 2. The summed E-state index contributed by atoms with van der Waals surface area (Å²) in [7, 11) is 0. The van der Waals surface area contributed by atoms with Crippen LogP contribution >= 0.6 is 11.6 Å². The van der Waals surface area contributed by atoms with Crippen LogP contribution in [0.2, 0.25) is 5.02 Å². The van der Waals surface area contributed by atoms with E-state index in [1.165, 1.54) is 0 Å². The van der Waals surface area contributed by atoms with Crippen LogP contribution < -0.4 is 16.0 Å². The van der Waals surface area contributed by atoms with Crippen LogP contribution in [0.1, 0.15) is 19.3 Å². The third kappa shape index (κ3) is 2.39. The average molecular weight is 294 g/mol. The highest BCUT2D eigenvalue weighted by atomic mass is 35.5. The zero-order valence-corrected chi connectivity index (χ0v) is 11.7. The summed E-state index contributed by atoms with van der Waals surface area (Å²) in [6.45, 7) is 0.571. The zero-order chi connectivity index (χ0) is 14.3. The fraction of sp³-hybridized carbons (Fsp3) is 0.429. The SMILES string of the molecule is NC1(C(=O)NC2CCN(c3cccc(Cl)c3)C2=O)CC1. The molecule has 2 aliphatic rings. The minimum absolute atomic E-state index is 0.107. The molecule has 1 atom stereocenters. The van der Waals surface area contributed by atoms with Gasteiger partial charge in [0.15, 0.2) is 0 Å². The van der Waals surface area contributed by atoms with Crippen molar-refractivity contribution in [2.24, 2.45) is 5.73 Å². The van der Waals surface area contributed by atoms with E-state index >= 15 is 0 Å². The Morgan fingerprint density at radius 2 is 2.20 bits per heavy atom. The Morgan fingerprint density at radius 1 is 1.45 bits per heavy atom. The van der Waals surface area contributed by atoms with Gasteiger partial charge in [0, 0.05) is 17.3 Å². The first-order valence-corrected chi connectivity index (χ1v) is 7.04. The van der Waals surface area contributed by atoms with Crippen LogP contribution in [-0.2, 0) is 9.59 Å². The van der Waals surface area contributed by atoms with Crippen molar-refractivity contribution < 1.29 is 9.59 Å². The summed E-state index contributed by atoms with van der Waals surface area (Å²) in [5, 5.41) is 3.34. The molecule has 1 unspecified atom stereocenters. The molecule has 2 amide bonds. The number of amides is 2. The molecule has 1 aromatic carbocycles. The molecule has 1 aliphatic heterocycles. The lowest BCUT2D eigenvalue weighted by molar-refractivity contribution is -0.127. The predicted octanol–water partition coefficient (Wildman–Crippen LogP) is 1.05. The topological polar surface area (TPSA) is 75.4 Å². The third-order valence-electron chi connectivity index (χ3n) is 3.87. The summed E-state index contributed by atoms with van der Waals surface area (Å²) in [6.07, 6.45) is 1.97. The second-order valence-electron chi connectivity index (χ2n) is 5.44. The van der Waals surface area contributed by atoms with E-state index < -0.39 is 11.6 Å². The fourth-order valence-corrected chi connectivity index (χ4v) is 2.56. The van der Waals surface area contributed by atoms with Gasteiger partial charge in [-0.2, -0.15) is 0 Å². The van der Waals surface area contributed by atoms with Gasteiger partial charge in [-0.25, -0.2) is 0 Å². The molecule has 1 heterocycles. The third-order valence-corrected chi connectivity index (χ3v) is 4.11. The van der Waals surface area contributed by atoms with E-state index in [4.69, 9.17) is 17.3 Å². The number of carbonyl (C=O) groups is 2. The second-order valence-corrected chi connectivity index (χ2v) is 5.88. The highest BCUT2D eigenvalue weighted by molar-refractivity contribution is 6.31. The van der Waals surface area contributed by atoms with Gasteiger partial charge in [-0.15, -0.1) is 0 Å². The minimum atomic E-state index is -0.746. The maximum Gasteiger partial charge on any atom is 0.249 e. The quantitative estimate of drug-likeness (QED) is 0.875. The first-order chi connectivity index (χ1) is 9.49. The number of halogens is 1. The van der Waals surface area contributed by atoms with Gasteiger partial charge in [-0.05, 0) is 37.5 Å². The molecule has 3 rings (SSSR count). The van der Waals surface area contributed by atoms with Gasteiger partial charge in [-0.1, -0.05) is 17.7 Å². The van der Waals surface area contributed by atoms with Gasteiger partial charge in [0.1, 0.15) is 6.04 Å². The molecule has 6 heteroatoms. The summed E-state index contributed by atoms with van der Waals surface area (Å²) in [5.41, 5.74) is 5.84. The van der Waals surface area contributed by atoms with E-state index in [-0.39, 0.29) is 11.8 Å². The summed E-state index contributed by atoms with van der Waals surface area (Å²) >= 11 is 5.94. The fourth-order valence-electron chi connectivity index (χ4n) is 2.38. The van der Waals surface area contributed by atoms with E-state index in [2.05, 4.69) is 5.32 Å². The number of nitrogens with zero attached hydrogens (tertiary/aromatic N) is 1. The number of carbonyl (C=O) groups excluding carboxylic acids is 2. The van der Waals surface area contributed by atoms with Crippen LogP contribution in [0.25, 0.3) is 0 Å². The van der Waals surface area contributed by atoms with Crippen LogP contribution in [0.5, 0.6) is 0 Å². The first kappa shape index (κ1) is 13.4. The van der Waals surface area contributed by atoms with Gasteiger partial charge in [0.2, 0.25) is 11.8 Å². The molecule has 1 aliphatic carbocycles. The zero-order valence-electron chi connectivity index (χ0n) is 10.9. The van der Waals surface area contributed by atoms with Crippen molar-refractivity contribution >= 4 is 29.1 Å². The molecule has 20 heavy (non-hydrogen) atoms. The number of anilines is 1. The van der Waals surface area contributed by atoms with Crippen molar-refractivity contribution in [3.63, 3.8) is 0 Å². The van der Waals surface area contributed by atoms with E-state index in [0.29, 0.717) is 30.8 Å². The predicted molar refractivity (Wildman–Crippen MR) is 76.5 cm³/mol. The van der Waals surface area contributed by atoms with Crippen molar-refractivity contribution in [3.05, 3.63) is 29.3 Å². The summed E-state index contributed by atoms with van der Waals surface area (Å²) in [5.74, 6) is -0.325. The molecule has 2 fully saturated rings. The molecule has 1 saturated heterocycles. The molecule has 5 nitrogen and oxygen atoms in total. The molecule has 0 aromatic heterocycles. The van der Waals surface area contributed by atoms with Crippen molar-refractivity contribution in [3.8, 4) is 0 Å². The molecule has 0 bridgehead atoms. The summed E-state index contributed by atoms with van der Waals surface area (Å²) in [6, 6.07) is 6.66. The molecule has 1 aromatic rings. The molecule has 3 N–H and O–H groups in total. The maximum absolute atomic E-state index is 12.3. The number of nitrogens with two attached hydrogens (primary N) is 1. The Kier molecular flexibility index (Phi) is 3.18. The van der Waals surface area contributed by atoms with Crippen LogP contribution in [0, 0.1) is 0 Å². The monoisotopic (exact) mass is 293 g/mol. The second kappa shape index (κ2) is 4.75. The Morgan fingerprint density at radius 3 is 2.85 bits per heavy atom. The Balaban J connectivity index is 1.69. The van der Waals surface area contributed by atoms with Crippen LogP contribution in [0.4, 0.5) is 5.69 Å². The van der Waals surface area contributed by atoms with Gasteiger partial charge >= 0.3 is 0 Å². The van der Waals surface area contributed by atoms with Crippen LogP contribution in [0.15, 0.2) is 24.3 Å². The van der Waals surface area contributed by atoms with Gasteiger partial charge < -0.3 is 16.0 Å². The van der Waals surface area contributed by atoms with E-state index in [1.54, 1.807) is 23.1 Å². The molecular formula is C14H16ClN3O2. The molecule has 0 radical (unpaired) electrons. The lowest BCUT2D eigenvalue weighted by atomic mass is 10.2. The summed E-state index contributed by atoms with van der Waals surface area (Å²) in [4.78, 5) is 25.9. The number of benzene rings is 1. The van der Waals surface area contributed by atoms with E-state index in [9.17, 15) is 9.59 Å². The number of nitrogens with one attached hydrogen (secondary N) is 1.